The molecule has 0 aliphatic carbocycles. The summed E-state index contributed by atoms with van der Waals surface area (Å²) in [6, 6.07) is 11.1. The van der Waals surface area contributed by atoms with E-state index in [0.29, 0.717) is 18.8 Å². The number of ether oxygens (including phenoxy) is 2. The summed E-state index contributed by atoms with van der Waals surface area (Å²) in [6.45, 7) is 4.22. The number of fused-ring (bicyclic) bond motifs is 16. The van der Waals surface area contributed by atoms with Crippen molar-refractivity contribution in [2.75, 3.05) is 25.2 Å². The number of carbonyl (C=O) groups is 3. The molecule has 3 atom stereocenters. The van der Waals surface area contributed by atoms with Crippen LogP contribution in [0.15, 0.2) is 53.4 Å². The normalized spacial score (nSPS) is 21.6. The zero-order valence-corrected chi connectivity index (χ0v) is 24.0. The summed E-state index contributed by atoms with van der Waals surface area (Å²) in [7, 11) is 1.29. The van der Waals surface area contributed by atoms with Gasteiger partial charge in [-0.25, -0.2) is 13.9 Å². The smallest absolute Gasteiger partial charge is 0.329 e. The average Bonchev–Trinajstić information content (AvgIpc) is 2.93. The van der Waals surface area contributed by atoms with Crippen LogP contribution in [0.25, 0.3) is 0 Å². The Morgan fingerprint density at radius 1 is 1.08 bits per heavy atom. The first kappa shape index (κ1) is 30.8. The molecule has 0 unspecified atom stereocenters. The number of halogens is 1. The van der Waals surface area contributed by atoms with Crippen molar-refractivity contribution in [1.29, 1.82) is 0 Å². The molecule has 2 aromatic carbocycles. The zero-order chi connectivity index (χ0) is 28.2. The minimum Gasteiger partial charge on any atom is -0.494 e. The van der Waals surface area contributed by atoms with E-state index < -0.39 is 30.0 Å². The van der Waals surface area contributed by atoms with Crippen LogP contribution in [0.5, 0.6) is 5.75 Å². The number of amides is 2. The van der Waals surface area contributed by atoms with Crippen molar-refractivity contribution in [2.45, 2.75) is 56.1 Å². The van der Waals surface area contributed by atoms with Gasteiger partial charge in [0.15, 0.2) is 0 Å². The van der Waals surface area contributed by atoms with Gasteiger partial charge in [0.25, 0.3) is 0 Å². The summed E-state index contributed by atoms with van der Waals surface area (Å²) >= 11 is 2.76. The lowest BCUT2D eigenvalue weighted by Gasteiger charge is -2.27. The van der Waals surface area contributed by atoms with Crippen LogP contribution in [0.4, 0.5) is 4.39 Å². The van der Waals surface area contributed by atoms with Gasteiger partial charge in [0.05, 0.1) is 13.7 Å². The molecule has 0 aromatic heterocycles. The predicted octanol–water partition coefficient (Wildman–Crippen LogP) is 3.74. The molecule has 212 valence electrons. The van der Waals surface area contributed by atoms with E-state index in [1.807, 2.05) is 38.1 Å². The quantitative estimate of drug-likeness (QED) is 0.365. The standard InChI is InChI=1S/C28H36FN3O5S2/c1-18(2)25-27(34)30-24(28(35)36-3)17-38-15-5-4-14-37-21-10-6-19(7-11-21)16-23(26(33)31-25)32-39-22-12-8-20(29)9-13-22/h6-13,18,23-25,32H,4-5,14-17H2,1-3H3,(H,30,34)(H,31,33)/t23-,24-,25-/m0/s1. The van der Waals surface area contributed by atoms with E-state index in [-0.39, 0.29) is 17.6 Å². The van der Waals surface area contributed by atoms with Crippen LogP contribution < -0.4 is 20.1 Å². The van der Waals surface area contributed by atoms with Gasteiger partial charge in [-0.15, -0.1) is 0 Å². The lowest BCUT2D eigenvalue weighted by Crippen LogP contribution is -2.57. The molecule has 2 aliphatic rings. The van der Waals surface area contributed by atoms with Crippen molar-refractivity contribution in [3.8, 4) is 5.75 Å². The highest BCUT2D eigenvalue weighted by molar-refractivity contribution is 7.99. The summed E-state index contributed by atoms with van der Waals surface area (Å²) < 4.78 is 27.3. The first-order valence-corrected chi connectivity index (χ1v) is 14.9. The van der Waals surface area contributed by atoms with E-state index in [2.05, 4.69) is 15.4 Å². The second-order valence-electron chi connectivity index (χ2n) is 9.52. The van der Waals surface area contributed by atoms with Crippen LogP contribution in [-0.4, -0.2) is 61.1 Å². The Morgan fingerprint density at radius 2 is 1.79 bits per heavy atom. The fourth-order valence-corrected chi connectivity index (χ4v) is 5.62. The Labute approximate surface area is 237 Å². The van der Waals surface area contributed by atoms with Crippen molar-refractivity contribution >= 4 is 41.5 Å². The monoisotopic (exact) mass is 577 g/mol. The number of nitrogens with one attached hydrogen (secondary N) is 3. The number of thioether (sulfide) groups is 1. The molecule has 2 amide bonds. The fraction of sp³-hybridized carbons (Fsp3) is 0.464. The Balaban J connectivity index is 1.83. The minimum absolute atomic E-state index is 0.240. The molecule has 2 heterocycles. The third-order valence-electron chi connectivity index (χ3n) is 6.10. The number of benzene rings is 2. The molecule has 8 nitrogen and oxygen atoms in total. The topological polar surface area (TPSA) is 106 Å². The van der Waals surface area contributed by atoms with Gasteiger partial charge in [-0.1, -0.05) is 26.0 Å². The molecule has 0 radical (unpaired) electrons. The summed E-state index contributed by atoms with van der Waals surface area (Å²) in [4.78, 5) is 39.9. The Morgan fingerprint density at radius 3 is 2.46 bits per heavy atom. The summed E-state index contributed by atoms with van der Waals surface area (Å²) in [6.07, 6.45) is 2.09. The highest BCUT2D eigenvalue weighted by Crippen LogP contribution is 2.19. The fourth-order valence-electron chi connectivity index (χ4n) is 3.85. The predicted molar refractivity (Wildman–Crippen MR) is 152 cm³/mol. The minimum atomic E-state index is -0.868. The number of hydrogen-bond donors (Lipinski definition) is 3. The Kier molecular flexibility index (Phi) is 12.4. The molecule has 4 rings (SSSR count). The van der Waals surface area contributed by atoms with Crippen molar-refractivity contribution in [2.24, 2.45) is 5.92 Å². The van der Waals surface area contributed by atoms with Gasteiger partial charge >= 0.3 is 5.97 Å². The molecule has 0 saturated carbocycles. The van der Waals surface area contributed by atoms with Crippen molar-refractivity contribution in [1.82, 2.24) is 15.4 Å². The average molecular weight is 578 g/mol. The molecule has 2 aromatic rings. The summed E-state index contributed by atoms with van der Waals surface area (Å²) in [5, 5.41) is 5.65. The number of esters is 1. The van der Waals surface area contributed by atoms with Crippen LogP contribution in [0, 0.1) is 11.7 Å². The van der Waals surface area contributed by atoms with Crippen molar-refractivity contribution in [3.05, 3.63) is 59.9 Å². The Hall–Kier alpha value is -2.76. The van der Waals surface area contributed by atoms with E-state index in [1.165, 1.54) is 31.2 Å². The Bertz CT molecular complexity index is 1090. The van der Waals surface area contributed by atoms with E-state index in [0.717, 1.165) is 34.8 Å². The number of methoxy groups -OCH3 is 1. The van der Waals surface area contributed by atoms with Gasteiger partial charge in [-0.3, -0.25) is 9.59 Å². The molecule has 0 spiro atoms. The summed E-state index contributed by atoms with van der Waals surface area (Å²) in [5.74, 6) is -0.0328. The van der Waals surface area contributed by atoms with Gasteiger partial charge in [-0.2, -0.15) is 11.8 Å². The first-order chi connectivity index (χ1) is 18.8. The van der Waals surface area contributed by atoms with Gasteiger partial charge < -0.3 is 20.1 Å². The van der Waals surface area contributed by atoms with E-state index >= 15 is 0 Å². The van der Waals surface area contributed by atoms with Gasteiger partial charge in [0.2, 0.25) is 11.8 Å². The van der Waals surface area contributed by atoms with E-state index in [9.17, 15) is 18.8 Å². The lowest BCUT2D eigenvalue weighted by molar-refractivity contribution is -0.144. The molecule has 39 heavy (non-hydrogen) atoms. The lowest BCUT2D eigenvalue weighted by atomic mass is 10.0. The molecule has 3 N–H and O–H groups in total. The molecular formula is C28H36FN3O5S2. The third kappa shape index (κ3) is 10.1. The van der Waals surface area contributed by atoms with Crippen LogP contribution in [0.3, 0.4) is 0 Å². The molecule has 0 fully saturated rings. The SMILES string of the molecule is COC(=O)[C@@H]1CSCCCCOc2ccc(cc2)C[C@H](NSc2ccc(F)cc2)C(=O)N[C@@H](C(C)C)C(=O)N1. The molecule has 2 aliphatic heterocycles. The number of hydrogen-bond acceptors (Lipinski definition) is 8. The van der Waals surface area contributed by atoms with Crippen LogP contribution in [0.2, 0.25) is 0 Å². The van der Waals surface area contributed by atoms with E-state index in [4.69, 9.17) is 9.47 Å². The van der Waals surface area contributed by atoms with Gasteiger partial charge in [0, 0.05) is 10.6 Å². The van der Waals surface area contributed by atoms with Gasteiger partial charge in [-0.05, 0) is 84.8 Å². The maximum atomic E-state index is 13.5. The molecule has 11 heteroatoms. The third-order valence-corrected chi connectivity index (χ3v) is 8.15. The second kappa shape index (κ2) is 15.7. The highest BCUT2D eigenvalue weighted by Gasteiger charge is 2.31. The highest BCUT2D eigenvalue weighted by atomic mass is 32.2. The second-order valence-corrected chi connectivity index (χ2v) is 11.6. The molecule has 0 saturated heterocycles. The van der Waals surface area contributed by atoms with Gasteiger partial charge in [0.1, 0.15) is 29.7 Å². The maximum Gasteiger partial charge on any atom is 0.329 e. The largest absolute Gasteiger partial charge is 0.494 e. The van der Waals surface area contributed by atoms with Crippen molar-refractivity contribution < 1.29 is 28.2 Å². The maximum absolute atomic E-state index is 13.5. The first-order valence-electron chi connectivity index (χ1n) is 12.9. The van der Waals surface area contributed by atoms with Crippen LogP contribution >= 0.6 is 23.7 Å². The number of rotatable bonds is 5. The number of carbonyl (C=O) groups excluding carboxylic acids is 3. The molecule has 2 bridgehead atoms. The zero-order valence-electron chi connectivity index (χ0n) is 22.4. The summed E-state index contributed by atoms with van der Waals surface area (Å²) in [5.41, 5.74) is 0.903. The van der Waals surface area contributed by atoms with E-state index in [1.54, 1.807) is 23.9 Å². The van der Waals surface area contributed by atoms with Crippen LogP contribution in [0.1, 0.15) is 32.3 Å². The van der Waals surface area contributed by atoms with Crippen molar-refractivity contribution in [3.63, 3.8) is 0 Å². The van der Waals surface area contributed by atoms with Crippen LogP contribution in [-0.2, 0) is 25.5 Å². The molecular weight excluding hydrogens is 541 g/mol.